The number of carbonyl (C=O) groups is 2. The topological polar surface area (TPSA) is 73.8 Å². The predicted molar refractivity (Wildman–Crippen MR) is 115 cm³/mol. The molecule has 0 saturated heterocycles. The third-order valence-electron chi connectivity index (χ3n) is 3.95. The van der Waals surface area contributed by atoms with Crippen LogP contribution < -0.4 is 15.6 Å². The van der Waals surface area contributed by atoms with E-state index < -0.39 is 5.91 Å². The van der Waals surface area contributed by atoms with Crippen LogP contribution in [0.2, 0.25) is 0 Å². The van der Waals surface area contributed by atoms with Crippen LogP contribution in [0, 0.1) is 0 Å². The van der Waals surface area contributed by atoms with E-state index in [1.165, 1.54) is 11.3 Å². The summed E-state index contributed by atoms with van der Waals surface area (Å²) in [4.78, 5) is 27.3. The van der Waals surface area contributed by atoms with E-state index in [1.807, 2.05) is 48.6 Å². The number of amides is 2. The Labute approximate surface area is 167 Å². The second-order valence-corrected chi connectivity index (χ2v) is 7.11. The fraction of sp³-hybridized carbons (Fsp3) is 0.0952. The molecule has 1 heterocycles. The van der Waals surface area contributed by atoms with Crippen molar-refractivity contribution in [1.82, 2.24) is 5.43 Å². The van der Waals surface area contributed by atoms with Crippen LogP contribution in [0.1, 0.15) is 25.6 Å². The molecule has 0 aliphatic rings. The van der Waals surface area contributed by atoms with E-state index in [9.17, 15) is 9.59 Å². The monoisotopic (exact) mass is 392 g/mol. The smallest absolute Gasteiger partial charge is 0.273 e. The van der Waals surface area contributed by atoms with Gasteiger partial charge >= 0.3 is 0 Å². The molecule has 3 rings (SSSR count). The Morgan fingerprint density at radius 2 is 1.71 bits per heavy atom. The second kappa shape index (κ2) is 8.96. The first-order chi connectivity index (χ1) is 13.5. The quantitative estimate of drug-likeness (QED) is 0.495. The highest BCUT2D eigenvalue weighted by atomic mass is 32.1. The third kappa shape index (κ3) is 4.83. The minimum absolute atomic E-state index is 0.250. The van der Waals surface area contributed by atoms with Crippen molar-refractivity contribution in [2.75, 3.05) is 24.3 Å². The number of hydrogen-bond donors (Lipinski definition) is 2. The van der Waals surface area contributed by atoms with Crippen molar-refractivity contribution >= 4 is 40.7 Å². The highest BCUT2D eigenvalue weighted by Crippen LogP contribution is 2.18. The minimum Gasteiger partial charge on any atom is -0.378 e. The minimum atomic E-state index is -0.400. The molecule has 28 heavy (non-hydrogen) atoms. The molecule has 0 atom stereocenters. The Morgan fingerprint density at radius 1 is 0.964 bits per heavy atom. The van der Waals surface area contributed by atoms with Gasteiger partial charge in [0.2, 0.25) is 0 Å². The van der Waals surface area contributed by atoms with Crippen molar-refractivity contribution in [1.29, 1.82) is 0 Å². The highest BCUT2D eigenvalue weighted by Gasteiger charge is 2.14. The number of rotatable bonds is 6. The highest BCUT2D eigenvalue weighted by molar-refractivity contribution is 7.12. The van der Waals surface area contributed by atoms with Gasteiger partial charge in [-0.1, -0.05) is 30.3 Å². The summed E-state index contributed by atoms with van der Waals surface area (Å²) in [7, 11) is 3.94. The Kier molecular flexibility index (Phi) is 6.18. The molecule has 0 bridgehead atoms. The Balaban J connectivity index is 1.66. The van der Waals surface area contributed by atoms with Gasteiger partial charge in [-0.15, -0.1) is 11.3 Å². The molecular formula is C21H20N4O2S. The first-order valence-corrected chi connectivity index (χ1v) is 9.47. The Hall–Kier alpha value is -3.45. The molecule has 2 aromatic carbocycles. The van der Waals surface area contributed by atoms with Crippen LogP contribution in [0.3, 0.4) is 0 Å². The molecule has 7 heteroatoms. The van der Waals surface area contributed by atoms with Crippen molar-refractivity contribution in [3.63, 3.8) is 0 Å². The van der Waals surface area contributed by atoms with Crippen LogP contribution in [0.5, 0.6) is 0 Å². The number of anilines is 2. The predicted octanol–water partition coefficient (Wildman–Crippen LogP) is 3.83. The molecule has 0 unspecified atom stereocenters. The van der Waals surface area contributed by atoms with E-state index in [0.29, 0.717) is 16.1 Å². The molecule has 6 nitrogen and oxygen atoms in total. The molecule has 2 amide bonds. The van der Waals surface area contributed by atoms with E-state index in [4.69, 9.17) is 0 Å². The van der Waals surface area contributed by atoms with Gasteiger partial charge in [0, 0.05) is 19.8 Å². The summed E-state index contributed by atoms with van der Waals surface area (Å²) in [5, 5.41) is 8.61. The van der Waals surface area contributed by atoms with Crippen molar-refractivity contribution in [3.8, 4) is 0 Å². The van der Waals surface area contributed by atoms with E-state index in [0.717, 1.165) is 11.3 Å². The number of hydrazone groups is 1. The summed E-state index contributed by atoms with van der Waals surface area (Å²) in [5.74, 6) is -0.650. The Bertz CT molecular complexity index is 980. The average molecular weight is 392 g/mol. The molecule has 142 valence electrons. The van der Waals surface area contributed by atoms with Crippen LogP contribution in [0.15, 0.2) is 71.1 Å². The van der Waals surface area contributed by atoms with Gasteiger partial charge in [-0.2, -0.15) is 5.10 Å². The zero-order valence-electron chi connectivity index (χ0n) is 15.5. The summed E-state index contributed by atoms with van der Waals surface area (Å²) >= 11 is 1.34. The normalized spacial score (nSPS) is 10.6. The number of carbonyl (C=O) groups excluding carboxylic acids is 2. The number of thiophene rings is 1. The zero-order valence-corrected chi connectivity index (χ0v) is 16.4. The van der Waals surface area contributed by atoms with E-state index >= 15 is 0 Å². The lowest BCUT2D eigenvalue weighted by molar-refractivity contribution is 0.0956. The van der Waals surface area contributed by atoms with Crippen molar-refractivity contribution in [3.05, 3.63) is 82.0 Å². The fourth-order valence-corrected chi connectivity index (χ4v) is 3.08. The van der Waals surface area contributed by atoms with Crippen LogP contribution in [0.25, 0.3) is 0 Å². The van der Waals surface area contributed by atoms with Gasteiger partial charge in [0.05, 0.1) is 22.3 Å². The summed E-state index contributed by atoms with van der Waals surface area (Å²) < 4.78 is 0. The average Bonchev–Trinajstić information content (AvgIpc) is 3.24. The lowest BCUT2D eigenvalue weighted by Crippen LogP contribution is -2.21. The molecule has 0 aliphatic heterocycles. The summed E-state index contributed by atoms with van der Waals surface area (Å²) in [6.45, 7) is 0. The number of benzene rings is 2. The van der Waals surface area contributed by atoms with Gasteiger partial charge in [-0.25, -0.2) is 5.43 Å². The fourth-order valence-electron chi connectivity index (χ4n) is 2.47. The van der Waals surface area contributed by atoms with Crippen LogP contribution in [0.4, 0.5) is 11.4 Å². The molecular weight excluding hydrogens is 372 g/mol. The van der Waals surface area contributed by atoms with Crippen LogP contribution in [-0.4, -0.2) is 32.1 Å². The van der Waals surface area contributed by atoms with Gasteiger partial charge in [-0.05, 0) is 41.3 Å². The summed E-state index contributed by atoms with van der Waals surface area (Å²) in [6.07, 6.45) is 1.57. The van der Waals surface area contributed by atoms with Crippen LogP contribution >= 0.6 is 11.3 Å². The zero-order chi connectivity index (χ0) is 19.9. The van der Waals surface area contributed by atoms with E-state index in [1.54, 1.807) is 42.6 Å². The third-order valence-corrected chi connectivity index (χ3v) is 4.82. The molecule has 1 aromatic heterocycles. The van der Waals surface area contributed by atoms with Crippen molar-refractivity contribution < 1.29 is 9.59 Å². The van der Waals surface area contributed by atoms with E-state index in [-0.39, 0.29) is 5.91 Å². The molecule has 0 saturated carbocycles. The molecule has 0 spiro atoms. The lowest BCUT2D eigenvalue weighted by atomic mass is 10.1. The first kappa shape index (κ1) is 19.3. The largest absolute Gasteiger partial charge is 0.378 e. The number of nitrogens with one attached hydrogen (secondary N) is 2. The van der Waals surface area contributed by atoms with Gasteiger partial charge in [0.15, 0.2) is 0 Å². The second-order valence-electron chi connectivity index (χ2n) is 6.16. The number of para-hydroxylation sites is 1. The summed E-state index contributed by atoms with van der Waals surface area (Å²) in [6, 6.07) is 18.1. The maximum atomic E-state index is 12.5. The van der Waals surface area contributed by atoms with Gasteiger partial charge in [0.25, 0.3) is 11.8 Å². The van der Waals surface area contributed by atoms with Gasteiger partial charge in [-0.3, -0.25) is 9.59 Å². The van der Waals surface area contributed by atoms with Gasteiger partial charge in [0.1, 0.15) is 0 Å². The molecule has 2 N–H and O–H groups in total. The SMILES string of the molecule is CN(C)c1ccc(/C=N\NC(=O)c2ccccc2NC(=O)c2cccs2)cc1. The van der Waals surface area contributed by atoms with Crippen LogP contribution in [-0.2, 0) is 0 Å². The van der Waals surface area contributed by atoms with E-state index in [2.05, 4.69) is 15.8 Å². The maximum Gasteiger partial charge on any atom is 0.273 e. The Morgan fingerprint density at radius 3 is 2.39 bits per heavy atom. The number of hydrogen-bond acceptors (Lipinski definition) is 5. The summed E-state index contributed by atoms with van der Waals surface area (Å²) in [5.41, 5.74) is 5.23. The number of nitrogens with zero attached hydrogens (tertiary/aromatic N) is 2. The van der Waals surface area contributed by atoms with Crippen molar-refractivity contribution in [2.24, 2.45) is 5.10 Å². The van der Waals surface area contributed by atoms with Crippen molar-refractivity contribution in [2.45, 2.75) is 0 Å². The molecule has 3 aromatic rings. The van der Waals surface area contributed by atoms with Gasteiger partial charge < -0.3 is 10.2 Å². The first-order valence-electron chi connectivity index (χ1n) is 8.59. The molecule has 0 aliphatic carbocycles. The molecule has 0 radical (unpaired) electrons. The molecule has 0 fully saturated rings. The lowest BCUT2D eigenvalue weighted by Gasteiger charge is -2.11. The standard InChI is InChI=1S/C21H20N4O2S/c1-25(2)16-11-9-15(10-12-16)14-22-24-20(26)17-6-3-4-7-18(17)23-21(27)19-8-5-13-28-19/h3-14H,1-2H3,(H,23,27)(H,24,26)/b22-14-. The maximum absolute atomic E-state index is 12.5.